The Hall–Kier alpha value is -3.52. The number of hydrogen-bond donors (Lipinski definition) is 1. The third-order valence-electron chi connectivity index (χ3n) is 5.06. The van der Waals surface area contributed by atoms with E-state index in [4.69, 9.17) is 9.47 Å². The van der Waals surface area contributed by atoms with Gasteiger partial charge in [0.05, 0.1) is 36.6 Å². The van der Waals surface area contributed by atoms with E-state index in [2.05, 4.69) is 15.3 Å². The fourth-order valence-electron chi connectivity index (χ4n) is 3.45. The molecule has 0 unspecified atom stereocenters. The summed E-state index contributed by atoms with van der Waals surface area (Å²) in [4.78, 5) is 35.9. The van der Waals surface area contributed by atoms with Crippen molar-refractivity contribution < 1.29 is 19.1 Å². The Morgan fingerprint density at radius 1 is 1.13 bits per heavy atom. The highest BCUT2D eigenvalue weighted by Crippen LogP contribution is 2.30. The number of benzene rings is 1. The summed E-state index contributed by atoms with van der Waals surface area (Å²) in [5.41, 5.74) is 3.71. The summed E-state index contributed by atoms with van der Waals surface area (Å²) in [6, 6.07) is 10.7. The molecule has 0 aliphatic carbocycles. The van der Waals surface area contributed by atoms with Gasteiger partial charge in [0, 0.05) is 36.1 Å². The van der Waals surface area contributed by atoms with Gasteiger partial charge in [0.15, 0.2) is 5.65 Å². The molecule has 0 bridgehead atoms. The van der Waals surface area contributed by atoms with E-state index in [0.717, 1.165) is 16.8 Å². The van der Waals surface area contributed by atoms with Crippen LogP contribution in [-0.4, -0.2) is 59.7 Å². The zero-order valence-corrected chi connectivity index (χ0v) is 17.6. The first kappa shape index (κ1) is 20.7. The van der Waals surface area contributed by atoms with Gasteiger partial charge < -0.3 is 19.7 Å². The molecule has 3 aromatic rings. The molecule has 1 fully saturated rings. The Bertz CT molecular complexity index is 1110. The molecule has 31 heavy (non-hydrogen) atoms. The van der Waals surface area contributed by atoms with Gasteiger partial charge in [-0.2, -0.15) is 0 Å². The van der Waals surface area contributed by atoms with Crippen molar-refractivity contribution in [1.82, 2.24) is 14.9 Å². The lowest BCUT2D eigenvalue weighted by Gasteiger charge is -2.27. The number of ether oxygens (including phenoxy) is 2. The number of aromatic nitrogens is 2. The molecule has 1 N–H and O–H groups in total. The molecule has 0 spiro atoms. The summed E-state index contributed by atoms with van der Waals surface area (Å²) < 4.78 is 10.4. The Labute approximate surface area is 180 Å². The maximum absolute atomic E-state index is 13.2. The van der Waals surface area contributed by atoms with Crippen LogP contribution in [0.25, 0.3) is 11.0 Å². The van der Waals surface area contributed by atoms with Crippen molar-refractivity contribution in [3.8, 4) is 0 Å². The Morgan fingerprint density at radius 2 is 1.87 bits per heavy atom. The van der Waals surface area contributed by atoms with Crippen LogP contribution in [-0.2, 0) is 9.47 Å². The second-order valence-electron chi connectivity index (χ2n) is 7.20. The Balaban J connectivity index is 1.71. The zero-order valence-electron chi connectivity index (χ0n) is 17.6. The molecule has 0 saturated carbocycles. The van der Waals surface area contributed by atoms with E-state index in [0.29, 0.717) is 55.4 Å². The van der Waals surface area contributed by atoms with Crippen molar-refractivity contribution in [2.45, 2.75) is 13.8 Å². The van der Waals surface area contributed by atoms with E-state index in [1.807, 2.05) is 19.1 Å². The molecular formula is C23H24N4O4. The number of morpholine rings is 1. The van der Waals surface area contributed by atoms with Gasteiger partial charge in [-0.25, -0.2) is 14.8 Å². The maximum Gasteiger partial charge on any atom is 0.338 e. The van der Waals surface area contributed by atoms with Crippen LogP contribution in [0.15, 0.2) is 42.6 Å². The van der Waals surface area contributed by atoms with E-state index in [1.54, 1.807) is 42.3 Å². The highest BCUT2D eigenvalue weighted by molar-refractivity contribution is 6.07. The SMILES string of the molecule is CCOC(=O)c1ccc(Nc2c(C(=O)N3CCOCC3)cnc3nc(C)ccc23)cc1. The molecule has 1 aliphatic rings. The van der Waals surface area contributed by atoms with Gasteiger partial charge in [0.2, 0.25) is 0 Å². The van der Waals surface area contributed by atoms with E-state index >= 15 is 0 Å². The molecule has 4 rings (SSSR count). The summed E-state index contributed by atoms with van der Waals surface area (Å²) in [6.45, 7) is 6.10. The molecule has 8 nitrogen and oxygen atoms in total. The first-order valence-corrected chi connectivity index (χ1v) is 10.2. The molecule has 0 atom stereocenters. The van der Waals surface area contributed by atoms with Crippen LogP contribution in [0, 0.1) is 6.92 Å². The fraction of sp³-hybridized carbons (Fsp3) is 0.304. The largest absolute Gasteiger partial charge is 0.462 e. The van der Waals surface area contributed by atoms with Crippen LogP contribution in [0.5, 0.6) is 0 Å². The molecule has 8 heteroatoms. The molecule has 1 aromatic carbocycles. The van der Waals surface area contributed by atoms with Gasteiger partial charge in [-0.05, 0) is 50.2 Å². The summed E-state index contributed by atoms with van der Waals surface area (Å²) in [5.74, 6) is -0.477. The van der Waals surface area contributed by atoms with Crippen molar-refractivity contribution in [3.05, 3.63) is 59.4 Å². The minimum atomic E-state index is -0.369. The summed E-state index contributed by atoms with van der Waals surface area (Å²) in [6.07, 6.45) is 1.57. The first-order chi connectivity index (χ1) is 15.1. The number of hydrogen-bond acceptors (Lipinski definition) is 7. The van der Waals surface area contributed by atoms with Crippen molar-refractivity contribution in [3.63, 3.8) is 0 Å². The number of nitrogens with one attached hydrogen (secondary N) is 1. The number of carbonyl (C=O) groups excluding carboxylic acids is 2. The number of aryl methyl sites for hydroxylation is 1. The molecule has 1 amide bonds. The summed E-state index contributed by atoms with van der Waals surface area (Å²) in [5, 5.41) is 4.09. The maximum atomic E-state index is 13.2. The predicted octanol–water partition coefficient (Wildman–Crippen LogP) is 3.33. The van der Waals surface area contributed by atoms with Crippen LogP contribution in [0.3, 0.4) is 0 Å². The van der Waals surface area contributed by atoms with Crippen molar-refractivity contribution in [2.75, 3.05) is 38.2 Å². The standard InChI is InChI=1S/C23H24N4O4/c1-3-31-23(29)16-5-7-17(8-6-16)26-20-18-9-4-15(2)25-21(18)24-14-19(20)22(28)27-10-12-30-13-11-27/h4-9,14H,3,10-13H2,1-2H3,(H,24,25,26). The van der Waals surface area contributed by atoms with E-state index in [1.165, 1.54) is 0 Å². The molecule has 3 heterocycles. The number of fused-ring (bicyclic) bond motifs is 1. The van der Waals surface area contributed by atoms with Crippen molar-refractivity contribution in [1.29, 1.82) is 0 Å². The van der Waals surface area contributed by atoms with Crippen molar-refractivity contribution >= 4 is 34.3 Å². The van der Waals surface area contributed by atoms with Gasteiger partial charge in [0.25, 0.3) is 5.91 Å². The number of anilines is 2. The normalized spacial score (nSPS) is 13.8. The average Bonchev–Trinajstić information content (AvgIpc) is 2.80. The second kappa shape index (κ2) is 9.09. The average molecular weight is 420 g/mol. The number of carbonyl (C=O) groups is 2. The monoisotopic (exact) mass is 420 g/mol. The van der Waals surface area contributed by atoms with Gasteiger partial charge in [-0.3, -0.25) is 4.79 Å². The van der Waals surface area contributed by atoms with Crippen LogP contribution in [0.2, 0.25) is 0 Å². The van der Waals surface area contributed by atoms with E-state index < -0.39 is 0 Å². The number of nitrogens with zero attached hydrogens (tertiary/aromatic N) is 3. The van der Waals surface area contributed by atoms with Crippen LogP contribution < -0.4 is 5.32 Å². The van der Waals surface area contributed by atoms with Crippen LogP contribution in [0.1, 0.15) is 33.3 Å². The fourth-order valence-corrected chi connectivity index (χ4v) is 3.45. The number of rotatable bonds is 5. The lowest BCUT2D eigenvalue weighted by Crippen LogP contribution is -2.41. The van der Waals surface area contributed by atoms with Gasteiger partial charge >= 0.3 is 5.97 Å². The highest BCUT2D eigenvalue weighted by Gasteiger charge is 2.23. The smallest absolute Gasteiger partial charge is 0.338 e. The number of amides is 1. The third-order valence-corrected chi connectivity index (χ3v) is 5.06. The summed E-state index contributed by atoms with van der Waals surface area (Å²) >= 11 is 0. The highest BCUT2D eigenvalue weighted by atomic mass is 16.5. The molecular weight excluding hydrogens is 396 g/mol. The minimum Gasteiger partial charge on any atom is -0.462 e. The molecule has 1 aliphatic heterocycles. The molecule has 2 aromatic heterocycles. The minimum absolute atomic E-state index is 0.107. The van der Waals surface area contributed by atoms with Gasteiger partial charge in [-0.15, -0.1) is 0 Å². The molecule has 1 saturated heterocycles. The van der Waals surface area contributed by atoms with Gasteiger partial charge in [0.1, 0.15) is 0 Å². The molecule has 0 radical (unpaired) electrons. The predicted molar refractivity (Wildman–Crippen MR) is 117 cm³/mol. The number of esters is 1. The molecule has 160 valence electrons. The second-order valence-corrected chi connectivity index (χ2v) is 7.20. The topological polar surface area (TPSA) is 93.7 Å². The van der Waals surface area contributed by atoms with E-state index in [-0.39, 0.29) is 11.9 Å². The van der Waals surface area contributed by atoms with Crippen LogP contribution in [0.4, 0.5) is 11.4 Å². The Kier molecular flexibility index (Phi) is 6.08. The lowest BCUT2D eigenvalue weighted by atomic mass is 10.1. The summed E-state index contributed by atoms with van der Waals surface area (Å²) in [7, 11) is 0. The quantitative estimate of drug-likeness (QED) is 0.633. The number of pyridine rings is 2. The third kappa shape index (κ3) is 4.49. The lowest BCUT2D eigenvalue weighted by molar-refractivity contribution is 0.0303. The van der Waals surface area contributed by atoms with Gasteiger partial charge in [-0.1, -0.05) is 0 Å². The first-order valence-electron chi connectivity index (χ1n) is 10.2. The van der Waals surface area contributed by atoms with Crippen molar-refractivity contribution in [2.24, 2.45) is 0 Å². The zero-order chi connectivity index (χ0) is 21.8. The van der Waals surface area contributed by atoms with Crippen LogP contribution >= 0.6 is 0 Å². The van der Waals surface area contributed by atoms with E-state index in [9.17, 15) is 9.59 Å². The Morgan fingerprint density at radius 3 is 2.58 bits per heavy atom.